The Morgan fingerprint density at radius 1 is 0.958 bits per heavy atom. The second-order valence-electron chi connectivity index (χ2n) is 5.23. The number of para-hydroxylation sites is 1. The number of methoxy groups -OCH3 is 3. The van der Waals surface area contributed by atoms with Gasteiger partial charge in [-0.1, -0.05) is 12.1 Å². The van der Waals surface area contributed by atoms with Gasteiger partial charge in [0.2, 0.25) is 0 Å². The lowest BCUT2D eigenvalue weighted by Crippen LogP contribution is -2.18. The molecular weight excluding hydrogens is 308 g/mol. The average Bonchev–Trinajstić information content (AvgIpc) is 2.63. The molecule has 0 spiro atoms. The molecule has 24 heavy (non-hydrogen) atoms. The second-order valence-corrected chi connectivity index (χ2v) is 5.23. The number of Topliss-reactive ketones (excluding diaryl/α,β-unsaturated/α-hetero) is 1. The van der Waals surface area contributed by atoms with Crippen LogP contribution in [0.15, 0.2) is 42.0 Å². The smallest absolute Gasteiger partial charge is 0.196 e. The Morgan fingerprint density at radius 2 is 1.62 bits per heavy atom. The zero-order valence-corrected chi connectivity index (χ0v) is 13.8. The van der Waals surface area contributed by atoms with Gasteiger partial charge in [-0.2, -0.15) is 0 Å². The van der Waals surface area contributed by atoms with Crippen molar-refractivity contribution in [2.45, 2.75) is 0 Å². The van der Waals surface area contributed by atoms with Crippen LogP contribution in [0.5, 0.6) is 23.0 Å². The molecule has 3 rings (SSSR count). The van der Waals surface area contributed by atoms with Crippen LogP contribution in [-0.2, 0) is 0 Å². The molecule has 124 valence electrons. The van der Waals surface area contributed by atoms with E-state index in [2.05, 4.69) is 0 Å². The Balaban J connectivity index is 2.04. The zero-order valence-electron chi connectivity index (χ0n) is 13.8. The fraction of sp³-hybridized carbons (Fsp3) is 0.211. The molecule has 0 radical (unpaired) electrons. The van der Waals surface area contributed by atoms with Crippen LogP contribution in [0.3, 0.4) is 0 Å². The van der Waals surface area contributed by atoms with Crippen LogP contribution >= 0.6 is 0 Å². The van der Waals surface area contributed by atoms with E-state index in [0.29, 0.717) is 34.1 Å². The summed E-state index contributed by atoms with van der Waals surface area (Å²) in [6.07, 6.45) is 1.76. The van der Waals surface area contributed by atoms with Crippen LogP contribution in [0, 0.1) is 0 Å². The number of carbonyl (C=O) groups excluding carboxylic acids is 1. The fourth-order valence-corrected chi connectivity index (χ4v) is 2.63. The van der Waals surface area contributed by atoms with Crippen LogP contribution in [0.25, 0.3) is 6.08 Å². The van der Waals surface area contributed by atoms with E-state index in [-0.39, 0.29) is 12.4 Å². The summed E-state index contributed by atoms with van der Waals surface area (Å²) in [5.74, 6) is 2.28. The van der Waals surface area contributed by atoms with Gasteiger partial charge in [-0.3, -0.25) is 4.79 Å². The van der Waals surface area contributed by atoms with Gasteiger partial charge in [-0.05, 0) is 24.3 Å². The molecule has 0 aromatic heterocycles. The lowest BCUT2D eigenvalue weighted by atomic mass is 9.98. The van der Waals surface area contributed by atoms with Crippen LogP contribution < -0.4 is 18.9 Å². The highest BCUT2D eigenvalue weighted by Crippen LogP contribution is 2.36. The van der Waals surface area contributed by atoms with E-state index in [1.807, 2.05) is 12.1 Å². The summed E-state index contributed by atoms with van der Waals surface area (Å²) in [7, 11) is 4.69. The van der Waals surface area contributed by atoms with Gasteiger partial charge in [0.15, 0.2) is 17.3 Å². The van der Waals surface area contributed by atoms with Crippen molar-refractivity contribution in [1.29, 1.82) is 0 Å². The minimum absolute atomic E-state index is 0.0475. The van der Waals surface area contributed by atoms with Gasteiger partial charge in [0.1, 0.15) is 18.1 Å². The van der Waals surface area contributed by atoms with Crippen LogP contribution in [0.2, 0.25) is 0 Å². The SMILES string of the molecule is COc1cc(OC)c(OC)cc1/C=C1/COc2ccccc2C1=O. The molecule has 0 N–H and O–H groups in total. The highest BCUT2D eigenvalue weighted by Gasteiger charge is 2.23. The van der Waals surface area contributed by atoms with Crippen molar-refractivity contribution in [1.82, 2.24) is 0 Å². The molecule has 2 aromatic rings. The molecule has 2 aromatic carbocycles. The quantitative estimate of drug-likeness (QED) is 0.806. The first-order valence-corrected chi connectivity index (χ1v) is 7.45. The van der Waals surface area contributed by atoms with Gasteiger partial charge in [0.05, 0.1) is 26.9 Å². The summed E-state index contributed by atoms with van der Waals surface area (Å²) in [4.78, 5) is 12.7. The number of hydrogen-bond acceptors (Lipinski definition) is 5. The number of rotatable bonds is 4. The van der Waals surface area contributed by atoms with E-state index in [1.54, 1.807) is 51.7 Å². The van der Waals surface area contributed by atoms with Crippen molar-refractivity contribution in [3.63, 3.8) is 0 Å². The lowest BCUT2D eigenvalue weighted by molar-refractivity contribution is 0.100. The summed E-state index contributed by atoms with van der Waals surface area (Å²) < 4.78 is 21.7. The van der Waals surface area contributed by atoms with Crippen molar-refractivity contribution in [2.75, 3.05) is 27.9 Å². The van der Waals surface area contributed by atoms with Crippen molar-refractivity contribution in [3.05, 3.63) is 53.1 Å². The Hall–Kier alpha value is -2.95. The number of fused-ring (bicyclic) bond motifs is 1. The van der Waals surface area contributed by atoms with Crippen molar-refractivity contribution in [3.8, 4) is 23.0 Å². The highest BCUT2D eigenvalue weighted by molar-refractivity contribution is 6.14. The first-order chi connectivity index (χ1) is 11.7. The Kier molecular flexibility index (Phi) is 4.42. The summed E-state index contributed by atoms with van der Waals surface area (Å²) in [6.45, 7) is 0.216. The predicted octanol–water partition coefficient (Wildman–Crippen LogP) is 3.37. The standard InChI is InChI=1S/C19H18O5/c1-21-16-10-18(23-3)17(22-2)9-12(16)8-13-11-24-15-7-5-4-6-14(15)19(13)20/h4-10H,11H2,1-3H3/b13-8-. The third-order valence-electron chi connectivity index (χ3n) is 3.87. The van der Waals surface area contributed by atoms with Crippen LogP contribution in [-0.4, -0.2) is 33.7 Å². The molecule has 0 aliphatic carbocycles. The summed E-state index contributed by atoms with van der Waals surface area (Å²) in [6, 6.07) is 10.7. The normalized spacial score (nSPS) is 14.8. The van der Waals surface area contributed by atoms with Gasteiger partial charge >= 0.3 is 0 Å². The maximum absolute atomic E-state index is 12.7. The number of ether oxygens (including phenoxy) is 4. The molecule has 0 saturated heterocycles. The topological polar surface area (TPSA) is 54.0 Å². The molecule has 5 heteroatoms. The summed E-state index contributed by atoms with van der Waals surface area (Å²) >= 11 is 0. The first kappa shape index (κ1) is 15.9. The minimum atomic E-state index is -0.0475. The van der Waals surface area contributed by atoms with Gasteiger partial charge < -0.3 is 18.9 Å². The van der Waals surface area contributed by atoms with Crippen LogP contribution in [0.1, 0.15) is 15.9 Å². The molecule has 0 amide bonds. The van der Waals surface area contributed by atoms with E-state index in [0.717, 1.165) is 5.56 Å². The molecule has 5 nitrogen and oxygen atoms in total. The number of hydrogen-bond donors (Lipinski definition) is 0. The summed E-state index contributed by atoms with van der Waals surface area (Å²) in [5.41, 5.74) is 1.84. The molecule has 1 aliphatic heterocycles. The Bertz CT molecular complexity index is 807. The molecule has 0 bridgehead atoms. The van der Waals surface area contributed by atoms with E-state index >= 15 is 0 Å². The third-order valence-corrected chi connectivity index (χ3v) is 3.87. The lowest BCUT2D eigenvalue weighted by Gasteiger charge is -2.19. The van der Waals surface area contributed by atoms with Crippen LogP contribution in [0.4, 0.5) is 0 Å². The van der Waals surface area contributed by atoms with Crippen molar-refractivity contribution in [2.24, 2.45) is 0 Å². The molecule has 1 aliphatic rings. The Labute approximate surface area is 140 Å². The fourth-order valence-electron chi connectivity index (χ4n) is 2.63. The maximum atomic E-state index is 12.7. The number of carbonyl (C=O) groups is 1. The van der Waals surface area contributed by atoms with E-state index in [4.69, 9.17) is 18.9 Å². The number of benzene rings is 2. The molecule has 0 fully saturated rings. The number of ketones is 1. The predicted molar refractivity (Wildman–Crippen MR) is 90.3 cm³/mol. The van der Waals surface area contributed by atoms with Crippen molar-refractivity contribution < 1.29 is 23.7 Å². The molecule has 0 unspecified atom stereocenters. The van der Waals surface area contributed by atoms with Gasteiger partial charge in [-0.25, -0.2) is 0 Å². The third kappa shape index (κ3) is 2.80. The Morgan fingerprint density at radius 3 is 2.33 bits per heavy atom. The van der Waals surface area contributed by atoms with E-state index in [1.165, 1.54) is 0 Å². The monoisotopic (exact) mass is 326 g/mol. The maximum Gasteiger partial charge on any atom is 0.196 e. The molecule has 0 atom stereocenters. The summed E-state index contributed by atoms with van der Waals surface area (Å²) in [5, 5.41) is 0. The average molecular weight is 326 g/mol. The van der Waals surface area contributed by atoms with E-state index < -0.39 is 0 Å². The molecule has 1 heterocycles. The highest BCUT2D eigenvalue weighted by atomic mass is 16.5. The largest absolute Gasteiger partial charge is 0.496 e. The second kappa shape index (κ2) is 6.66. The van der Waals surface area contributed by atoms with Gasteiger partial charge in [-0.15, -0.1) is 0 Å². The van der Waals surface area contributed by atoms with Crippen molar-refractivity contribution >= 4 is 11.9 Å². The molecular formula is C19H18O5. The zero-order chi connectivity index (χ0) is 17.1. The molecule has 0 saturated carbocycles. The van der Waals surface area contributed by atoms with Gasteiger partial charge in [0.25, 0.3) is 0 Å². The van der Waals surface area contributed by atoms with E-state index in [9.17, 15) is 4.79 Å². The minimum Gasteiger partial charge on any atom is -0.496 e. The van der Waals surface area contributed by atoms with Gasteiger partial charge in [0, 0.05) is 17.2 Å². The first-order valence-electron chi connectivity index (χ1n) is 7.45.